The summed E-state index contributed by atoms with van der Waals surface area (Å²) in [6, 6.07) is 0. The molecule has 158 valence electrons. The normalized spacial score (nSPS) is 23.0. The molecule has 2 heterocycles. The molecule has 3 atom stereocenters. The van der Waals surface area contributed by atoms with E-state index in [1.165, 1.54) is 0 Å². The number of carbonyl (C=O) groups is 1. The third-order valence-electron chi connectivity index (χ3n) is 4.70. The van der Waals surface area contributed by atoms with Crippen molar-refractivity contribution in [3.05, 3.63) is 23.9 Å². The number of hydrazone groups is 1. The van der Waals surface area contributed by atoms with Crippen LogP contribution in [-0.2, 0) is 9.53 Å². The number of amides is 1. The second kappa shape index (κ2) is 9.60. The van der Waals surface area contributed by atoms with Crippen molar-refractivity contribution in [2.45, 2.75) is 45.4 Å². The molecule has 0 saturated carbocycles. The predicted octanol–water partition coefficient (Wildman–Crippen LogP) is 1.51. The number of rotatable bonds is 6. The fourth-order valence-electron chi connectivity index (χ4n) is 2.91. The number of ether oxygens (including phenoxy) is 1. The summed E-state index contributed by atoms with van der Waals surface area (Å²) in [6.07, 6.45) is 1.47. The topological polar surface area (TPSA) is 123 Å². The van der Waals surface area contributed by atoms with E-state index in [0.717, 1.165) is 5.71 Å². The number of aliphatic hydroxyl groups excluding tert-OH is 1. The fraction of sp³-hybridized carbons (Fsp3) is 0.550. The first kappa shape index (κ1) is 22.5. The van der Waals surface area contributed by atoms with Gasteiger partial charge in [-0.2, -0.15) is 5.10 Å². The van der Waals surface area contributed by atoms with Crippen LogP contribution in [0.1, 0.15) is 33.1 Å². The van der Waals surface area contributed by atoms with Crippen LogP contribution in [0.3, 0.4) is 0 Å². The maximum atomic E-state index is 11.6. The molecule has 0 radical (unpaired) electrons. The van der Waals surface area contributed by atoms with Crippen LogP contribution in [-0.4, -0.2) is 72.5 Å². The Balaban J connectivity index is 2.22. The van der Waals surface area contributed by atoms with E-state index in [2.05, 4.69) is 27.0 Å². The van der Waals surface area contributed by atoms with Gasteiger partial charge in [0.1, 0.15) is 6.10 Å². The van der Waals surface area contributed by atoms with Gasteiger partial charge < -0.3 is 25.6 Å². The molecule has 3 N–H and O–H groups in total. The van der Waals surface area contributed by atoms with Gasteiger partial charge in [0.05, 0.1) is 22.7 Å². The molecule has 9 heteroatoms. The van der Waals surface area contributed by atoms with Gasteiger partial charge in [-0.15, -0.1) is 0 Å². The van der Waals surface area contributed by atoms with Crippen molar-refractivity contribution < 1.29 is 14.6 Å². The Morgan fingerprint density at radius 2 is 2.21 bits per heavy atom. The Kier molecular flexibility index (Phi) is 7.44. The number of hydrogen-bond donors (Lipinski definition) is 3. The lowest BCUT2D eigenvalue weighted by Crippen LogP contribution is -2.31. The van der Waals surface area contributed by atoms with Crippen molar-refractivity contribution in [2.24, 2.45) is 21.0 Å². The summed E-state index contributed by atoms with van der Waals surface area (Å²) in [5.41, 5.74) is 2.33. The third-order valence-corrected chi connectivity index (χ3v) is 4.70. The van der Waals surface area contributed by atoms with Gasteiger partial charge in [-0.1, -0.05) is 13.5 Å². The van der Waals surface area contributed by atoms with E-state index in [0.29, 0.717) is 36.2 Å². The molecule has 0 aliphatic carbocycles. The average Bonchev–Trinajstić information content (AvgIpc) is 2.63. The number of aliphatic hydroxyl groups is 1. The highest BCUT2D eigenvalue weighted by atomic mass is 16.5. The smallest absolute Gasteiger partial charge is 0.223 e. The zero-order valence-corrected chi connectivity index (χ0v) is 17.7. The Morgan fingerprint density at radius 3 is 2.83 bits per heavy atom. The number of carbonyl (C=O) groups excluding carboxylic acids is 1. The first-order valence-corrected chi connectivity index (χ1v) is 9.55. The average molecular weight is 402 g/mol. The predicted molar refractivity (Wildman–Crippen MR) is 115 cm³/mol. The standard InChI is InChI=1S/C20H30N6O3/c1-11(7-18(27)22-4)13(3)29-20-12(2)15(21)10-17(24-20)16-8-14(25-26(5)6)9-19(28)23-16/h10-11,13,19,21,28H,2,7-9H2,1,3-6H3,(H,22,27). The molecular weight excluding hydrogens is 372 g/mol. The van der Waals surface area contributed by atoms with Gasteiger partial charge in [-0.25, -0.2) is 4.99 Å². The van der Waals surface area contributed by atoms with E-state index in [1.807, 2.05) is 27.9 Å². The van der Waals surface area contributed by atoms with E-state index in [-0.39, 0.29) is 29.5 Å². The number of nitrogens with one attached hydrogen (secondary N) is 2. The van der Waals surface area contributed by atoms with Crippen molar-refractivity contribution in [3.63, 3.8) is 0 Å². The van der Waals surface area contributed by atoms with Gasteiger partial charge in [0.2, 0.25) is 11.8 Å². The molecule has 3 unspecified atom stereocenters. The summed E-state index contributed by atoms with van der Waals surface area (Å²) >= 11 is 0. The van der Waals surface area contributed by atoms with Gasteiger partial charge in [0.15, 0.2) is 6.23 Å². The van der Waals surface area contributed by atoms with Crippen LogP contribution in [0.15, 0.2) is 39.0 Å². The van der Waals surface area contributed by atoms with Crippen LogP contribution < -0.4 is 5.32 Å². The van der Waals surface area contributed by atoms with Gasteiger partial charge in [0.25, 0.3) is 0 Å². The molecule has 0 aromatic carbocycles. The van der Waals surface area contributed by atoms with Crippen molar-refractivity contribution in [1.82, 2.24) is 10.3 Å². The Morgan fingerprint density at radius 1 is 1.52 bits per heavy atom. The van der Waals surface area contributed by atoms with Crippen LogP contribution in [0.4, 0.5) is 0 Å². The van der Waals surface area contributed by atoms with Crippen molar-refractivity contribution >= 4 is 28.9 Å². The van der Waals surface area contributed by atoms with Gasteiger partial charge in [-0.3, -0.25) is 9.79 Å². The second-order valence-corrected chi connectivity index (χ2v) is 7.47. The van der Waals surface area contributed by atoms with E-state index in [9.17, 15) is 9.90 Å². The monoisotopic (exact) mass is 402 g/mol. The molecule has 29 heavy (non-hydrogen) atoms. The van der Waals surface area contributed by atoms with Crippen molar-refractivity contribution in [3.8, 4) is 0 Å². The number of nitrogens with zero attached hydrogens (tertiary/aromatic N) is 4. The zero-order valence-electron chi connectivity index (χ0n) is 17.7. The summed E-state index contributed by atoms with van der Waals surface area (Å²) in [5, 5.41) is 27.0. The summed E-state index contributed by atoms with van der Waals surface area (Å²) in [6.45, 7) is 7.66. The lowest BCUT2D eigenvalue weighted by atomic mass is 9.99. The molecular formula is C20H30N6O3. The minimum absolute atomic E-state index is 0.0540. The van der Waals surface area contributed by atoms with Crippen LogP contribution in [0.2, 0.25) is 0 Å². The minimum Gasteiger partial charge on any atom is -0.474 e. The maximum absolute atomic E-state index is 11.6. The van der Waals surface area contributed by atoms with Crippen molar-refractivity contribution in [1.29, 1.82) is 5.41 Å². The molecule has 9 nitrogen and oxygen atoms in total. The summed E-state index contributed by atoms with van der Waals surface area (Å²) < 4.78 is 5.95. The minimum atomic E-state index is -0.899. The van der Waals surface area contributed by atoms with Crippen LogP contribution in [0, 0.1) is 11.3 Å². The first-order chi connectivity index (χ1) is 13.6. The van der Waals surface area contributed by atoms with Crippen LogP contribution >= 0.6 is 0 Å². The second-order valence-electron chi connectivity index (χ2n) is 7.47. The SMILES string of the molecule is C=C1C(=N)C=C(C2=NC(O)CC(=NN(C)C)C2)N=C1OC(C)C(C)CC(=O)NC. The highest BCUT2D eigenvalue weighted by Crippen LogP contribution is 2.23. The molecule has 2 rings (SSSR count). The number of allylic oxidation sites excluding steroid dienone is 2. The van der Waals surface area contributed by atoms with E-state index in [1.54, 1.807) is 18.1 Å². The lowest BCUT2D eigenvalue weighted by molar-refractivity contribution is -0.122. The van der Waals surface area contributed by atoms with Gasteiger partial charge in [0, 0.05) is 52.0 Å². The third kappa shape index (κ3) is 6.08. The van der Waals surface area contributed by atoms with Crippen molar-refractivity contribution in [2.75, 3.05) is 21.1 Å². The van der Waals surface area contributed by atoms with Gasteiger partial charge >= 0.3 is 0 Å². The molecule has 1 amide bonds. The quantitative estimate of drug-likeness (QED) is 0.583. The molecule has 0 aromatic rings. The molecule has 0 bridgehead atoms. The Labute approximate surface area is 171 Å². The van der Waals surface area contributed by atoms with E-state index >= 15 is 0 Å². The Hall–Kier alpha value is -2.81. The fourth-order valence-corrected chi connectivity index (χ4v) is 2.91. The number of hydrogen-bond acceptors (Lipinski definition) is 8. The number of aliphatic imine (C=N–C) groups is 2. The molecule has 0 spiro atoms. The summed E-state index contributed by atoms with van der Waals surface area (Å²) in [7, 11) is 5.23. The summed E-state index contributed by atoms with van der Waals surface area (Å²) in [4.78, 5) is 20.4. The Bertz CT molecular complexity index is 809. The molecule has 2 aliphatic heterocycles. The van der Waals surface area contributed by atoms with E-state index < -0.39 is 6.23 Å². The van der Waals surface area contributed by atoms with Gasteiger partial charge in [-0.05, 0) is 13.0 Å². The zero-order chi connectivity index (χ0) is 21.7. The van der Waals surface area contributed by atoms with Crippen LogP contribution in [0.25, 0.3) is 0 Å². The largest absolute Gasteiger partial charge is 0.474 e. The first-order valence-electron chi connectivity index (χ1n) is 9.55. The molecule has 0 aromatic heterocycles. The summed E-state index contributed by atoms with van der Waals surface area (Å²) in [5.74, 6) is 0.114. The highest BCUT2D eigenvalue weighted by molar-refractivity contribution is 6.29. The van der Waals surface area contributed by atoms with Crippen LogP contribution in [0.5, 0.6) is 0 Å². The lowest BCUT2D eigenvalue weighted by Gasteiger charge is -2.26. The molecule has 0 fully saturated rings. The molecule has 0 saturated heterocycles. The highest BCUT2D eigenvalue weighted by Gasteiger charge is 2.27. The van der Waals surface area contributed by atoms with E-state index in [4.69, 9.17) is 10.1 Å². The maximum Gasteiger partial charge on any atom is 0.223 e. The molecule has 2 aliphatic rings.